The zero-order valence-corrected chi connectivity index (χ0v) is 17.5. The van der Waals surface area contributed by atoms with Crippen molar-refractivity contribution in [1.29, 1.82) is 0 Å². The Morgan fingerprint density at radius 1 is 1.23 bits per heavy atom. The van der Waals surface area contributed by atoms with Crippen molar-refractivity contribution in [2.75, 3.05) is 24.9 Å². The molecule has 0 spiro atoms. The molecule has 0 radical (unpaired) electrons. The lowest BCUT2D eigenvalue weighted by Crippen LogP contribution is -2.32. The first-order valence-corrected chi connectivity index (χ1v) is 9.52. The minimum absolute atomic E-state index is 0.0397. The first-order chi connectivity index (χ1) is 14.9. The van der Waals surface area contributed by atoms with Crippen LogP contribution in [0.2, 0.25) is 0 Å². The number of carbonyl (C=O) groups is 1. The molecule has 1 atom stereocenters. The summed E-state index contributed by atoms with van der Waals surface area (Å²) >= 11 is 0. The fourth-order valence-electron chi connectivity index (χ4n) is 3.64. The lowest BCUT2D eigenvalue weighted by atomic mass is 9.87. The third-order valence-electron chi connectivity index (χ3n) is 5.14. The molecule has 4 rings (SSSR count). The summed E-state index contributed by atoms with van der Waals surface area (Å²) in [6, 6.07) is 9.96. The van der Waals surface area contributed by atoms with E-state index in [9.17, 15) is 9.90 Å². The molecule has 1 unspecified atom stereocenters. The third-order valence-corrected chi connectivity index (χ3v) is 5.14. The molecular weight excluding hydrogens is 399 g/mol. The summed E-state index contributed by atoms with van der Waals surface area (Å²) in [7, 11) is 4.77. The number of hydrogen-bond acceptors (Lipinski definition) is 8. The fourth-order valence-corrected chi connectivity index (χ4v) is 3.64. The van der Waals surface area contributed by atoms with Crippen LogP contribution in [0.1, 0.15) is 18.5 Å². The molecule has 2 aromatic carbocycles. The highest BCUT2D eigenvalue weighted by Gasteiger charge is 2.35. The minimum Gasteiger partial charge on any atom is -0.505 e. The average molecular weight is 420 g/mol. The molecule has 2 heterocycles. The normalized spacial score (nSPS) is 15.1. The lowest BCUT2D eigenvalue weighted by Gasteiger charge is -2.28. The van der Waals surface area contributed by atoms with Crippen LogP contribution >= 0.6 is 0 Å². The summed E-state index contributed by atoms with van der Waals surface area (Å²) in [5.74, 6) is 0.939. The lowest BCUT2D eigenvalue weighted by molar-refractivity contribution is -0.113. The summed E-state index contributed by atoms with van der Waals surface area (Å²) in [5.41, 5.74) is 2.84. The highest BCUT2D eigenvalue weighted by molar-refractivity contribution is 6.34. The number of para-hydroxylation sites is 2. The molecule has 3 aromatic rings. The van der Waals surface area contributed by atoms with Crippen molar-refractivity contribution in [2.45, 2.75) is 13.0 Å². The molecule has 31 heavy (non-hydrogen) atoms. The van der Waals surface area contributed by atoms with Crippen LogP contribution in [0.3, 0.4) is 0 Å². The van der Waals surface area contributed by atoms with E-state index in [0.29, 0.717) is 45.4 Å². The number of hydrogen-bond donors (Lipinski definition) is 3. The van der Waals surface area contributed by atoms with Gasteiger partial charge in [0, 0.05) is 5.70 Å². The summed E-state index contributed by atoms with van der Waals surface area (Å²) in [4.78, 5) is 13.4. The van der Waals surface area contributed by atoms with E-state index in [0.717, 1.165) is 0 Å². The van der Waals surface area contributed by atoms with Gasteiger partial charge in [0.15, 0.2) is 11.5 Å². The summed E-state index contributed by atoms with van der Waals surface area (Å²) in [6.45, 7) is 1.78. The molecule has 1 amide bonds. The molecular formula is C20H21BN6O4. The monoisotopic (exact) mass is 420 g/mol. The molecule has 158 valence electrons. The Bertz CT molecular complexity index is 1190. The van der Waals surface area contributed by atoms with E-state index >= 15 is 0 Å². The van der Waals surface area contributed by atoms with Crippen LogP contribution in [0.25, 0.3) is 0 Å². The molecule has 0 aliphatic carbocycles. The van der Waals surface area contributed by atoms with Crippen LogP contribution in [-0.4, -0.2) is 53.3 Å². The van der Waals surface area contributed by atoms with Gasteiger partial charge in [-0.2, -0.15) is 4.68 Å². The molecule has 3 N–H and O–H groups in total. The number of anilines is 2. The van der Waals surface area contributed by atoms with Gasteiger partial charge in [-0.05, 0) is 46.6 Å². The second kappa shape index (κ2) is 8.02. The van der Waals surface area contributed by atoms with Crippen molar-refractivity contribution in [3.8, 4) is 17.2 Å². The first-order valence-electron chi connectivity index (χ1n) is 9.52. The van der Waals surface area contributed by atoms with Gasteiger partial charge in [-0.3, -0.25) is 4.79 Å². The highest BCUT2D eigenvalue weighted by Crippen LogP contribution is 2.38. The third kappa shape index (κ3) is 3.54. The maximum atomic E-state index is 13.4. The molecule has 0 saturated heterocycles. The zero-order valence-electron chi connectivity index (χ0n) is 17.5. The van der Waals surface area contributed by atoms with Crippen molar-refractivity contribution in [3.05, 3.63) is 53.2 Å². The van der Waals surface area contributed by atoms with Crippen LogP contribution in [0.4, 0.5) is 11.6 Å². The molecule has 10 nitrogen and oxygen atoms in total. The van der Waals surface area contributed by atoms with Crippen molar-refractivity contribution in [2.24, 2.45) is 0 Å². The number of phenols is 1. The number of aromatic hydroxyl groups is 1. The highest BCUT2D eigenvalue weighted by atomic mass is 16.5. The Morgan fingerprint density at radius 3 is 2.71 bits per heavy atom. The van der Waals surface area contributed by atoms with E-state index in [4.69, 9.17) is 9.47 Å². The van der Waals surface area contributed by atoms with Gasteiger partial charge >= 0.3 is 0 Å². The van der Waals surface area contributed by atoms with E-state index in [1.54, 1.807) is 46.1 Å². The SMILES string of the molecule is Bc1cc(C2C(C(=O)Nc3ccccc3OC)=C(C)Nc3nnnn32)cc(OC)c1O. The van der Waals surface area contributed by atoms with Crippen molar-refractivity contribution in [3.63, 3.8) is 0 Å². The van der Waals surface area contributed by atoms with Crippen molar-refractivity contribution >= 4 is 30.9 Å². The van der Waals surface area contributed by atoms with Gasteiger partial charge in [-0.25, -0.2) is 0 Å². The van der Waals surface area contributed by atoms with E-state index in [-0.39, 0.29) is 11.7 Å². The maximum absolute atomic E-state index is 13.4. The number of allylic oxidation sites excluding steroid dienone is 1. The molecule has 1 aliphatic heterocycles. The van der Waals surface area contributed by atoms with E-state index in [1.807, 2.05) is 12.1 Å². The maximum Gasteiger partial charge on any atom is 0.255 e. The summed E-state index contributed by atoms with van der Waals surface area (Å²) in [6.07, 6.45) is 0. The standard InChI is InChI=1S/C20H21BN6O4/c1-10-16(19(29)23-13-6-4-5-7-14(13)30-2)17(27-20(22-10)24-25-26-27)11-8-12(21)18(28)15(9-11)31-3/h4-9,17,28H,21H2,1-3H3,(H,23,29)(H,22,24,26). The Labute approximate surface area is 179 Å². The van der Waals surface area contributed by atoms with Crippen LogP contribution in [0.15, 0.2) is 47.7 Å². The van der Waals surface area contributed by atoms with E-state index in [1.165, 1.54) is 11.8 Å². The van der Waals surface area contributed by atoms with Gasteiger partial charge in [0.1, 0.15) is 19.6 Å². The second-order valence-corrected chi connectivity index (χ2v) is 7.06. The van der Waals surface area contributed by atoms with Gasteiger partial charge in [0.25, 0.3) is 5.91 Å². The van der Waals surface area contributed by atoms with Crippen LogP contribution in [0.5, 0.6) is 17.2 Å². The number of tetrazole rings is 1. The number of methoxy groups -OCH3 is 2. The Balaban J connectivity index is 1.82. The number of aromatic nitrogens is 4. The van der Waals surface area contributed by atoms with Gasteiger partial charge < -0.3 is 25.2 Å². The van der Waals surface area contributed by atoms with Crippen LogP contribution in [0, 0.1) is 0 Å². The Morgan fingerprint density at radius 2 is 1.97 bits per heavy atom. The minimum atomic E-state index is -0.644. The summed E-state index contributed by atoms with van der Waals surface area (Å²) in [5, 5.41) is 28.1. The van der Waals surface area contributed by atoms with Crippen molar-refractivity contribution in [1.82, 2.24) is 20.2 Å². The Kier molecular flexibility index (Phi) is 5.24. The first kappa shape index (κ1) is 20.3. The number of ether oxygens (including phenoxy) is 2. The largest absolute Gasteiger partial charge is 0.505 e. The van der Waals surface area contributed by atoms with Crippen LogP contribution in [-0.2, 0) is 4.79 Å². The van der Waals surface area contributed by atoms with Crippen LogP contribution < -0.4 is 25.6 Å². The Hall–Kier alpha value is -4.02. The number of nitrogens with one attached hydrogen (secondary N) is 2. The predicted molar refractivity (Wildman–Crippen MR) is 117 cm³/mol. The predicted octanol–water partition coefficient (Wildman–Crippen LogP) is 0.582. The molecule has 1 aliphatic rings. The quantitative estimate of drug-likeness (QED) is 0.513. The molecule has 0 bridgehead atoms. The average Bonchev–Trinajstić information content (AvgIpc) is 3.22. The number of fused-ring (bicyclic) bond motifs is 1. The van der Waals surface area contributed by atoms with Gasteiger partial charge in [0.2, 0.25) is 5.95 Å². The second-order valence-electron chi connectivity index (χ2n) is 7.06. The number of amides is 1. The molecule has 11 heteroatoms. The number of rotatable bonds is 5. The van der Waals surface area contributed by atoms with Crippen molar-refractivity contribution < 1.29 is 19.4 Å². The van der Waals surface area contributed by atoms with Gasteiger partial charge in [-0.1, -0.05) is 23.3 Å². The fraction of sp³-hybridized carbons (Fsp3) is 0.200. The topological polar surface area (TPSA) is 123 Å². The molecule has 0 fully saturated rings. The smallest absolute Gasteiger partial charge is 0.255 e. The number of carbonyl (C=O) groups excluding carboxylic acids is 1. The number of benzene rings is 2. The van der Waals surface area contributed by atoms with E-state index < -0.39 is 6.04 Å². The zero-order chi connectivity index (χ0) is 22.1. The molecule has 0 saturated carbocycles. The molecule has 1 aromatic heterocycles. The van der Waals surface area contributed by atoms with E-state index in [2.05, 4.69) is 26.2 Å². The number of nitrogens with zero attached hydrogens (tertiary/aromatic N) is 4. The van der Waals surface area contributed by atoms with Gasteiger partial charge in [-0.15, -0.1) is 0 Å². The number of phenolic OH excluding ortho intramolecular Hbond substituents is 1. The van der Waals surface area contributed by atoms with Gasteiger partial charge in [0.05, 0.1) is 25.5 Å². The summed E-state index contributed by atoms with van der Waals surface area (Å²) < 4.78 is 12.2.